The molecule has 2 aromatic rings. The smallest absolute Gasteiger partial charge is 0.228 e. The fourth-order valence-electron chi connectivity index (χ4n) is 4.32. The minimum atomic E-state index is -0.182. The number of aromatic nitrogens is 2. The number of hydrogen-bond donors (Lipinski definition) is 1. The Hall–Kier alpha value is -2.37. The summed E-state index contributed by atoms with van der Waals surface area (Å²) in [6.45, 7) is 1.36. The molecule has 6 heteroatoms. The van der Waals surface area contributed by atoms with Crippen LogP contribution in [0.15, 0.2) is 24.3 Å². The van der Waals surface area contributed by atoms with Gasteiger partial charge in [-0.3, -0.25) is 9.59 Å². The van der Waals surface area contributed by atoms with Crippen LogP contribution in [0, 0.1) is 5.92 Å². The number of amides is 2. The van der Waals surface area contributed by atoms with Crippen molar-refractivity contribution < 1.29 is 9.59 Å². The summed E-state index contributed by atoms with van der Waals surface area (Å²) in [5, 5.41) is 0. The fourth-order valence-corrected chi connectivity index (χ4v) is 4.32. The molecule has 25 heavy (non-hydrogen) atoms. The van der Waals surface area contributed by atoms with Crippen LogP contribution in [-0.4, -0.2) is 50.7 Å². The van der Waals surface area contributed by atoms with Gasteiger partial charge in [-0.05, 0) is 37.8 Å². The van der Waals surface area contributed by atoms with Crippen LogP contribution in [0.4, 0.5) is 0 Å². The van der Waals surface area contributed by atoms with Crippen LogP contribution in [0.2, 0.25) is 0 Å². The van der Waals surface area contributed by atoms with E-state index in [1.807, 2.05) is 34.1 Å². The summed E-state index contributed by atoms with van der Waals surface area (Å²) >= 11 is 0. The number of rotatable bonds is 3. The molecular formula is C19H22N4O2. The van der Waals surface area contributed by atoms with E-state index in [-0.39, 0.29) is 23.8 Å². The number of H-pyrrole nitrogens is 1. The van der Waals surface area contributed by atoms with E-state index >= 15 is 0 Å². The lowest BCUT2D eigenvalue weighted by Gasteiger charge is -2.26. The van der Waals surface area contributed by atoms with E-state index in [9.17, 15) is 9.59 Å². The molecule has 0 spiro atoms. The highest BCUT2D eigenvalue weighted by Gasteiger charge is 2.44. The second-order valence-electron chi connectivity index (χ2n) is 7.51. The Morgan fingerprint density at radius 2 is 2.04 bits per heavy atom. The molecule has 6 nitrogen and oxygen atoms in total. The first kappa shape index (κ1) is 14.9. The zero-order valence-electron chi connectivity index (χ0n) is 14.1. The quantitative estimate of drug-likeness (QED) is 0.933. The van der Waals surface area contributed by atoms with Gasteiger partial charge < -0.3 is 14.8 Å². The minimum absolute atomic E-state index is 0.00461. The van der Waals surface area contributed by atoms with Crippen LogP contribution < -0.4 is 0 Å². The Labute approximate surface area is 146 Å². The lowest BCUT2D eigenvalue weighted by atomic mass is 10.1. The summed E-state index contributed by atoms with van der Waals surface area (Å²) < 4.78 is 0. The van der Waals surface area contributed by atoms with Gasteiger partial charge in [0.05, 0.1) is 23.0 Å². The van der Waals surface area contributed by atoms with Crippen molar-refractivity contribution in [2.75, 3.05) is 13.1 Å². The molecule has 2 aliphatic heterocycles. The SMILES string of the molecule is O=C1C[C@H](C(=O)N2CCC[C@@H]2c2nc3ccccc3[nH]2)CN1C1CC1. The molecule has 2 amide bonds. The maximum Gasteiger partial charge on any atom is 0.228 e. The first-order valence-corrected chi connectivity index (χ1v) is 9.25. The maximum absolute atomic E-state index is 13.1. The minimum Gasteiger partial charge on any atom is -0.340 e. The molecule has 3 fully saturated rings. The van der Waals surface area contributed by atoms with E-state index in [0.717, 1.165) is 49.1 Å². The third kappa shape index (κ3) is 2.51. The third-order valence-electron chi connectivity index (χ3n) is 5.75. The summed E-state index contributed by atoms with van der Waals surface area (Å²) in [6, 6.07) is 8.36. The van der Waals surface area contributed by atoms with Crippen molar-refractivity contribution in [1.29, 1.82) is 0 Å². The average molecular weight is 338 g/mol. The van der Waals surface area contributed by atoms with Gasteiger partial charge in [0, 0.05) is 25.6 Å². The van der Waals surface area contributed by atoms with Gasteiger partial charge in [-0.25, -0.2) is 4.98 Å². The topological polar surface area (TPSA) is 69.3 Å². The van der Waals surface area contributed by atoms with Crippen molar-refractivity contribution in [1.82, 2.24) is 19.8 Å². The number of para-hydroxylation sites is 2. The molecule has 3 aliphatic rings. The number of fused-ring (bicyclic) bond motifs is 1. The number of aromatic amines is 1. The molecule has 2 saturated heterocycles. The molecule has 3 heterocycles. The van der Waals surface area contributed by atoms with E-state index in [4.69, 9.17) is 4.98 Å². The molecule has 0 radical (unpaired) electrons. The highest BCUT2D eigenvalue weighted by atomic mass is 16.2. The molecule has 0 unspecified atom stereocenters. The Morgan fingerprint density at radius 3 is 2.84 bits per heavy atom. The normalized spacial score (nSPS) is 26.8. The molecule has 1 saturated carbocycles. The van der Waals surface area contributed by atoms with Gasteiger partial charge in [-0.15, -0.1) is 0 Å². The van der Waals surface area contributed by atoms with Gasteiger partial charge in [0.25, 0.3) is 0 Å². The molecule has 1 aromatic carbocycles. The van der Waals surface area contributed by atoms with Crippen LogP contribution in [0.25, 0.3) is 11.0 Å². The zero-order chi connectivity index (χ0) is 17.0. The van der Waals surface area contributed by atoms with E-state index in [0.29, 0.717) is 19.0 Å². The third-order valence-corrected chi connectivity index (χ3v) is 5.75. The van der Waals surface area contributed by atoms with Crippen molar-refractivity contribution in [2.24, 2.45) is 5.92 Å². The lowest BCUT2D eigenvalue weighted by Crippen LogP contribution is -2.37. The summed E-state index contributed by atoms with van der Waals surface area (Å²) in [7, 11) is 0. The number of benzene rings is 1. The highest BCUT2D eigenvalue weighted by molar-refractivity contribution is 5.90. The van der Waals surface area contributed by atoms with Gasteiger partial charge in [-0.2, -0.15) is 0 Å². The number of likely N-dealkylation sites (tertiary alicyclic amines) is 2. The Bertz CT molecular complexity index is 808. The standard InChI is InChI=1S/C19H22N4O2/c24-17-10-12(11-23(17)13-7-8-13)19(25)22-9-3-6-16(22)18-20-14-4-1-2-5-15(14)21-18/h1-2,4-5,12-13,16H,3,6-11H2,(H,20,21)/t12-,16+/m0/s1. The molecule has 2 atom stereocenters. The Balaban J connectivity index is 1.37. The van der Waals surface area contributed by atoms with Gasteiger partial charge >= 0.3 is 0 Å². The number of carbonyl (C=O) groups is 2. The summed E-state index contributed by atoms with van der Waals surface area (Å²) in [6.07, 6.45) is 4.48. The summed E-state index contributed by atoms with van der Waals surface area (Å²) in [5.41, 5.74) is 1.94. The predicted octanol–water partition coefficient (Wildman–Crippen LogP) is 2.24. The fraction of sp³-hybridized carbons (Fsp3) is 0.526. The van der Waals surface area contributed by atoms with E-state index in [1.165, 1.54) is 0 Å². The van der Waals surface area contributed by atoms with Crippen LogP contribution in [0.1, 0.15) is 44.0 Å². The number of nitrogens with zero attached hydrogens (tertiary/aromatic N) is 3. The second-order valence-corrected chi connectivity index (χ2v) is 7.51. The average Bonchev–Trinajstić information content (AvgIpc) is 3.05. The summed E-state index contributed by atoms with van der Waals surface area (Å²) in [5.74, 6) is 0.966. The van der Waals surface area contributed by atoms with Crippen molar-refractivity contribution in [3.05, 3.63) is 30.1 Å². The van der Waals surface area contributed by atoms with Crippen LogP contribution >= 0.6 is 0 Å². The van der Waals surface area contributed by atoms with E-state index in [1.54, 1.807) is 0 Å². The van der Waals surface area contributed by atoms with Crippen LogP contribution in [-0.2, 0) is 9.59 Å². The summed E-state index contributed by atoms with van der Waals surface area (Å²) in [4.78, 5) is 37.2. The van der Waals surface area contributed by atoms with Gasteiger partial charge in [-0.1, -0.05) is 12.1 Å². The number of carbonyl (C=O) groups excluding carboxylic acids is 2. The van der Waals surface area contributed by atoms with Crippen molar-refractivity contribution in [3.63, 3.8) is 0 Å². The van der Waals surface area contributed by atoms with E-state index < -0.39 is 0 Å². The van der Waals surface area contributed by atoms with Crippen molar-refractivity contribution in [2.45, 2.75) is 44.2 Å². The predicted molar refractivity (Wildman–Crippen MR) is 92.6 cm³/mol. The molecule has 1 N–H and O–H groups in total. The molecule has 1 aliphatic carbocycles. The number of nitrogens with one attached hydrogen (secondary N) is 1. The van der Waals surface area contributed by atoms with Crippen LogP contribution in [0.5, 0.6) is 0 Å². The Morgan fingerprint density at radius 1 is 1.20 bits per heavy atom. The maximum atomic E-state index is 13.1. The van der Waals surface area contributed by atoms with Gasteiger partial charge in [0.15, 0.2) is 0 Å². The number of imidazole rings is 1. The second kappa shape index (κ2) is 5.58. The van der Waals surface area contributed by atoms with Crippen molar-refractivity contribution >= 4 is 22.8 Å². The number of hydrogen-bond acceptors (Lipinski definition) is 3. The first-order chi connectivity index (χ1) is 12.2. The first-order valence-electron chi connectivity index (χ1n) is 9.25. The van der Waals surface area contributed by atoms with Crippen LogP contribution in [0.3, 0.4) is 0 Å². The molecular weight excluding hydrogens is 316 g/mol. The monoisotopic (exact) mass is 338 g/mol. The lowest BCUT2D eigenvalue weighted by molar-refractivity contribution is -0.136. The largest absolute Gasteiger partial charge is 0.340 e. The van der Waals surface area contributed by atoms with Crippen molar-refractivity contribution in [3.8, 4) is 0 Å². The highest BCUT2D eigenvalue weighted by Crippen LogP contribution is 2.37. The molecule has 130 valence electrons. The Kier molecular flexibility index (Phi) is 3.33. The van der Waals surface area contributed by atoms with E-state index in [2.05, 4.69) is 4.98 Å². The van der Waals surface area contributed by atoms with Gasteiger partial charge in [0.1, 0.15) is 5.82 Å². The molecule has 1 aromatic heterocycles. The zero-order valence-corrected chi connectivity index (χ0v) is 14.1. The van der Waals surface area contributed by atoms with Gasteiger partial charge in [0.2, 0.25) is 11.8 Å². The molecule has 0 bridgehead atoms. The molecule has 5 rings (SSSR count).